The monoisotopic (exact) mass is 415 g/mol. The first-order valence-electron chi connectivity index (χ1n) is 10.1. The van der Waals surface area contributed by atoms with E-state index in [2.05, 4.69) is 12.2 Å². The van der Waals surface area contributed by atoms with Crippen LogP contribution in [0, 0.1) is 0 Å². The summed E-state index contributed by atoms with van der Waals surface area (Å²) in [6.45, 7) is 2.80. The van der Waals surface area contributed by atoms with E-state index in [0.717, 1.165) is 12.8 Å². The quantitative estimate of drug-likeness (QED) is 0.293. The molecule has 0 radical (unpaired) electrons. The number of halogens is 1. The Morgan fingerprint density at radius 1 is 0.929 bits per heavy atom. The molecular formula is C21H36ClN2O4-. The zero-order valence-corrected chi connectivity index (χ0v) is 17.8. The third kappa shape index (κ3) is 20.6. The molecule has 6 nitrogen and oxygen atoms in total. The smallest absolute Gasteiger partial charge is 0.286 e. The molecule has 0 bridgehead atoms. The standard InChI is InChI=1S/C12H24O2.C9H12N2O2.ClH/c1-2-3-4-5-6-7-8-9-10-11-12(13)14;12-7-4-10-9(13)8-11-5-2-1-3-6-11;/h2-11H2,1H3,(H,13,14);1-3,5-6,12H,4,7-8H2;1H/p-1. The molecule has 0 aromatic carbocycles. The van der Waals surface area contributed by atoms with E-state index in [-0.39, 0.29) is 31.3 Å². The van der Waals surface area contributed by atoms with Crippen LogP contribution in [-0.2, 0) is 16.1 Å². The Labute approximate surface area is 175 Å². The second kappa shape index (κ2) is 21.6. The van der Waals surface area contributed by atoms with Crippen LogP contribution in [0.5, 0.6) is 0 Å². The van der Waals surface area contributed by atoms with Gasteiger partial charge in [-0.05, 0) is 12.8 Å². The molecule has 0 aliphatic heterocycles. The molecule has 2 N–H and O–H groups in total. The van der Waals surface area contributed by atoms with Crippen molar-refractivity contribution in [2.75, 3.05) is 13.2 Å². The lowest BCUT2D eigenvalue weighted by molar-refractivity contribution is -0.684. The van der Waals surface area contributed by atoms with Gasteiger partial charge in [-0.3, -0.25) is 4.79 Å². The van der Waals surface area contributed by atoms with Crippen molar-refractivity contribution in [2.24, 2.45) is 0 Å². The topological polar surface area (TPSA) is 93.3 Å². The molecule has 1 aromatic heterocycles. The molecule has 0 aliphatic carbocycles. The Hall–Kier alpha value is -1.66. The van der Waals surface area contributed by atoms with Gasteiger partial charge in [0.2, 0.25) is 6.54 Å². The lowest BCUT2D eigenvalue weighted by atomic mass is 10.1. The molecule has 162 valence electrons. The average molecular weight is 416 g/mol. The van der Waals surface area contributed by atoms with Crippen LogP contribution in [0.15, 0.2) is 30.6 Å². The number of unbranched alkanes of at least 4 members (excludes halogenated alkanes) is 8. The normalized spacial score (nSPS) is 9.64. The van der Waals surface area contributed by atoms with Crippen LogP contribution < -0.4 is 27.4 Å². The van der Waals surface area contributed by atoms with E-state index in [1.54, 1.807) is 4.57 Å². The van der Waals surface area contributed by atoms with E-state index in [4.69, 9.17) is 5.11 Å². The summed E-state index contributed by atoms with van der Waals surface area (Å²) >= 11 is 0. The molecule has 1 rings (SSSR count). The minimum atomic E-state index is -0.909. The van der Waals surface area contributed by atoms with Crippen LogP contribution in [0.2, 0.25) is 0 Å². The van der Waals surface area contributed by atoms with E-state index >= 15 is 0 Å². The summed E-state index contributed by atoms with van der Waals surface area (Å²) in [6, 6.07) is 5.61. The number of hydrogen-bond acceptors (Lipinski definition) is 4. The van der Waals surface area contributed by atoms with Crippen LogP contribution in [0.3, 0.4) is 0 Å². The van der Waals surface area contributed by atoms with Crippen molar-refractivity contribution < 1.29 is 36.8 Å². The molecule has 7 heteroatoms. The number of carbonyl (C=O) groups excluding carboxylic acids is 2. The highest BCUT2D eigenvalue weighted by atomic mass is 35.5. The number of aliphatic hydroxyl groups is 1. The largest absolute Gasteiger partial charge is 1.00 e. The van der Waals surface area contributed by atoms with Gasteiger partial charge < -0.3 is 32.7 Å². The summed E-state index contributed by atoms with van der Waals surface area (Å²) in [4.78, 5) is 21.2. The maximum absolute atomic E-state index is 11.1. The molecular weight excluding hydrogens is 380 g/mol. The van der Waals surface area contributed by atoms with Gasteiger partial charge >= 0.3 is 0 Å². The van der Waals surface area contributed by atoms with Crippen molar-refractivity contribution in [3.63, 3.8) is 0 Å². The minimum Gasteiger partial charge on any atom is -1.00 e. The molecule has 1 heterocycles. The van der Waals surface area contributed by atoms with E-state index in [9.17, 15) is 14.7 Å². The van der Waals surface area contributed by atoms with E-state index in [1.165, 1.54) is 44.9 Å². The van der Waals surface area contributed by atoms with Gasteiger partial charge in [-0.2, -0.15) is 4.57 Å². The maximum atomic E-state index is 11.1. The molecule has 0 atom stereocenters. The summed E-state index contributed by atoms with van der Waals surface area (Å²) in [6.07, 6.45) is 14.8. The summed E-state index contributed by atoms with van der Waals surface area (Å²) in [5.74, 6) is -1.00. The average Bonchev–Trinajstić information content (AvgIpc) is 2.66. The van der Waals surface area contributed by atoms with Gasteiger partial charge in [-0.25, -0.2) is 0 Å². The Morgan fingerprint density at radius 3 is 1.96 bits per heavy atom. The Balaban J connectivity index is 0. The lowest BCUT2D eigenvalue weighted by Crippen LogP contribution is -3.00. The third-order valence-electron chi connectivity index (χ3n) is 4.02. The molecule has 0 saturated carbocycles. The van der Waals surface area contributed by atoms with Gasteiger partial charge in [-0.15, -0.1) is 0 Å². The molecule has 0 fully saturated rings. The van der Waals surface area contributed by atoms with Crippen LogP contribution in [0.1, 0.15) is 71.1 Å². The number of carboxylic acids is 1. The summed E-state index contributed by atoms with van der Waals surface area (Å²) in [5.41, 5.74) is 0. The van der Waals surface area contributed by atoms with E-state index in [0.29, 0.717) is 13.1 Å². The highest BCUT2D eigenvalue weighted by Crippen LogP contribution is 2.10. The van der Waals surface area contributed by atoms with Crippen molar-refractivity contribution in [1.82, 2.24) is 5.32 Å². The number of nitrogens with zero attached hydrogens (tertiary/aromatic N) is 1. The number of aromatic nitrogens is 1. The van der Waals surface area contributed by atoms with Crippen molar-refractivity contribution in [3.8, 4) is 0 Å². The van der Waals surface area contributed by atoms with Gasteiger partial charge in [-0.1, -0.05) is 64.4 Å². The van der Waals surface area contributed by atoms with Gasteiger partial charge in [0, 0.05) is 24.6 Å². The molecule has 0 spiro atoms. The Morgan fingerprint density at radius 2 is 1.46 bits per heavy atom. The fourth-order valence-corrected chi connectivity index (χ4v) is 2.54. The van der Waals surface area contributed by atoms with Crippen LogP contribution >= 0.6 is 0 Å². The SMILES string of the molecule is CCCCCCCCCCCC(=O)[O-].O=C(C[n+]1ccccc1)NCCO.[Cl-]. The van der Waals surface area contributed by atoms with Crippen molar-refractivity contribution >= 4 is 11.9 Å². The zero-order valence-electron chi connectivity index (χ0n) is 17.1. The van der Waals surface area contributed by atoms with Crippen LogP contribution in [-0.4, -0.2) is 30.1 Å². The molecule has 1 amide bonds. The fourth-order valence-electron chi connectivity index (χ4n) is 2.54. The van der Waals surface area contributed by atoms with Crippen molar-refractivity contribution in [2.45, 2.75) is 77.7 Å². The molecule has 28 heavy (non-hydrogen) atoms. The Kier molecular flexibility index (Phi) is 22.1. The number of carboxylic acid groups (broad SMARTS) is 1. The molecule has 1 aromatic rings. The second-order valence-corrected chi connectivity index (χ2v) is 6.57. The first-order chi connectivity index (χ1) is 13.1. The lowest BCUT2D eigenvalue weighted by Gasteiger charge is -2.02. The number of amides is 1. The first kappa shape index (κ1) is 28.5. The minimum absolute atomic E-state index is 0. The number of pyridine rings is 1. The van der Waals surface area contributed by atoms with Gasteiger partial charge in [0.1, 0.15) is 0 Å². The summed E-state index contributed by atoms with van der Waals surface area (Å²) < 4.78 is 1.77. The summed E-state index contributed by atoms with van der Waals surface area (Å²) in [7, 11) is 0. The van der Waals surface area contributed by atoms with Gasteiger partial charge in [0.05, 0.1) is 6.61 Å². The third-order valence-corrected chi connectivity index (χ3v) is 4.02. The number of nitrogens with one attached hydrogen (secondary N) is 1. The zero-order chi connectivity index (χ0) is 20.2. The number of rotatable bonds is 14. The van der Waals surface area contributed by atoms with Crippen LogP contribution in [0.4, 0.5) is 0 Å². The van der Waals surface area contributed by atoms with E-state index in [1.807, 2.05) is 30.6 Å². The predicted octanol–water partition coefficient (Wildman–Crippen LogP) is -1.26. The number of hydrogen-bond donors (Lipinski definition) is 2. The molecule has 0 unspecified atom stereocenters. The van der Waals surface area contributed by atoms with E-state index < -0.39 is 5.97 Å². The number of carbonyl (C=O) groups is 2. The second-order valence-electron chi connectivity index (χ2n) is 6.57. The fraction of sp³-hybridized carbons (Fsp3) is 0.667. The number of aliphatic carboxylic acids is 1. The first-order valence-corrected chi connectivity index (χ1v) is 10.1. The highest BCUT2D eigenvalue weighted by Gasteiger charge is 2.06. The maximum Gasteiger partial charge on any atom is 0.286 e. The summed E-state index contributed by atoms with van der Waals surface area (Å²) in [5, 5.41) is 21.1. The van der Waals surface area contributed by atoms with Crippen molar-refractivity contribution in [3.05, 3.63) is 30.6 Å². The highest BCUT2D eigenvalue weighted by molar-refractivity contribution is 5.74. The van der Waals surface area contributed by atoms with Crippen molar-refractivity contribution in [1.29, 1.82) is 0 Å². The molecule has 0 aliphatic rings. The van der Waals surface area contributed by atoms with Gasteiger partial charge in [0.15, 0.2) is 12.4 Å². The number of aliphatic hydroxyl groups excluding tert-OH is 1. The Bertz CT molecular complexity index is 487. The van der Waals surface area contributed by atoms with Crippen LogP contribution in [0.25, 0.3) is 0 Å². The van der Waals surface area contributed by atoms with Gasteiger partial charge in [0.25, 0.3) is 5.91 Å². The predicted molar refractivity (Wildman–Crippen MR) is 104 cm³/mol. The molecule has 0 saturated heterocycles.